The zero-order valence-corrected chi connectivity index (χ0v) is 7.21. The van der Waals surface area contributed by atoms with Crippen LogP contribution in [0.2, 0.25) is 0 Å². The number of carbonyl (C=O) groups excluding carboxylic acids is 1. The first-order valence-corrected chi connectivity index (χ1v) is 4.45. The molecular formula is C8H15N2O2. The summed E-state index contributed by atoms with van der Waals surface area (Å²) in [6, 6.07) is -0.0782. The molecule has 1 fully saturated rings. The fraction of sp³-hybridized carbons (Fsp3) is 0.875. The zero-order valence-electron chi connectivity index (χ0n) is 7.21. The van der Waals surface area contributed by atoms with E-state index in [-0.39, 0.29) is 19.2 Å². The molecule has 0 bridgehead atoms. The minimum Gasteiger partial charge on any atom is -0.336 e. The Hall–Kier alpha value is -0.770. The summed E-state index contributed by atoms with van der Waals surface area (Å²) in [5.41, 5.74) is 0. The van der Waals surface area contributed by atoms with Gasteiger partial charge in [0.1, 0.15) is 0 Å². The molecule has 12 heavy (non-hydrogen) atoms. The minimum atomic E-state index is -0.237. The van der Waals surface area contributed by atoms with Gasteiger partial charge in [0, 0.05) is 19.6 Å². The number of likely N-dealkylation sites (tertiary alicyclic amines) is 1. The molecule has 1 heterocycles. The second-order valence-electron chi connectivity index (χ2n) is 2.98. The van der Waals surface area contributed by atoms with Gasteiger partial charge < -0.3 is 10.2 Å². The van der Waals surface area contributed by atoms with E-state index in [1.807, 2.05) is 0 Å². The summed E-state index contributed by atoms with van der Waals surface area (Å²) in [6.07, 6.45) is 3.39. The summed E-state index contributed by atoms with van der Waals surface area (Å²) >= 11 is 0. The standard InChI is InChI=1S/C8H15N2O2/c11-7-4-9-8(12)10-5-2-1-3-6-10/h1-7H2,(H,9,12). The maximum atomic E-state index is 11.2. The highest BCUT2D eigenvalue weighted by atomic mass is 16.3. The van der Waals surface area contributed by atoms with Gasteiger partial charge in [0.05, 0.1) is 6.61 Å². The van der Waals surface area contributed by atoms with Crippen LogP contribution in [0, 0.1) is 0 Å². The molecule has 0 unspecified atom stereocenters. The average molecular weight is 171 g/mol. The molecule has 0 saturated carbocycles. The maximum Gasteiger partial charge on any atom is 0.317 e. The fourth-order valence-electron chi connectivity index (χ4n) is 1.37. The lowest BCUT2D eigenvalue weighted by atomic mass is 10.1. The average Bonchev–Trinajstić information content (AvgIpc) is 2.15. The van der Waals surface area contributed by atoms with Crippen LogP contribution in [-0.2, 0) is 5.11 Å². The number of carbonyl (C=O) groups is 1. The molecule has 0 aliphatic carbocycles. The Kier molecular flexibility index (Phi) is 3.87. The van der Waals surface area contributed by atoms with Gasteiger partial charge >= 0.3 is 6.03 Å². The van der Waals surface area contributed by atoms with Gasteiger partial charge in [-0.3, -0.25) is 0 Å². The van der Waals surface area contributed by atoms with E-state index >= 15 is 0 Å². The van der Waals surface area contributed by atoms with Crippen molar-refractivity contribution in [2.45, 2.75) is 19.3 Å². The Morgan fingerprint density at radius 2 is 1.92 bits per heavy atom. The minimum absolute atomic E-state index is 0.0782. The van der Waals surface area contributed by atoms with Gasteiger partial charge in [-0.15, -0.1) is 0 Å². The number of urea groups is 1. The third kappa shape index (κ3) is 2.70. The summed E-state index contributed by atoms with van der Waals surface area (Å²) in [6.45, 7) is 1.68. The van der Waals surface area contributed by atoms with Crippen molar-refractivity contribution in [2.75, 3.05) is 26.2 Å². The Bertz CT molecular complexity index is 144. The fourth-order valence-corrected chi connectivity index (χ4v) is 1.37. The van der Waals surface area contributed by atoms with Crippen LogP contribution in [-0.4, -0.2) is 37.2 Å². The molecule has 0 aromatic heterocycles. The lowest BCUT2D eigenvalue weighted by Gasteiger charge is -2.26. The molecule has 2 amide bonds. The lowest BCUT2D eigenvalue weighted by Crippen LogP contribution is -2.43. The van der Waals surface area contributed by atoms with Crippen LogP contribution in [0.25, 0.3) is 0 Å². The first kappa shape index (κ1) is 9.32. The Morgan fingerprint density at radius 1 is 1.25 bits per heavy atom. The molecule has 4 heteroatoms. The van der Waals surface area contributed by atoms with Gasteiger partial charge in [-0.1, -0.05) is 0 Å². The third-order valence-corrected chi connectivity index (χ3v) is 2.02. The van der Waals surface area contributed by atoms with Crippen LogP contribution in [0.3, 0.4) is 0 Å². The molecule has 1 N–H and O–H groups in total. The van der Waals surface area contributed by atoms with E-state index in [9.17, 15) is 9.90 Å². The number of amides is 2. The molecule has 0 aromatic carbocycles. The van der Waals surface area contributed by atoms with Crippen molar-refractivity contribution >= 4 is 6.03 Å². The van der Waals surface area contributed by atoms with E-state index in [4.69, 9.17) is 0 Å². The van der Waals surface area contributed by atoms with Gasteiger partial charge in [0.2, 0.25) is 0 Å². The molecule has 0 atom stereocenters. The summed E-state index contributed by atoms with van der Waals surface area (Å²) in [5.74, 6) is 0. The van der Waals surface area contributed by atoms with Crippen molar-refractivity contribution in [3.8, 4) is 0 Å². The largest absolute Gasteiger partial charge is 0.336 e. The first-order valence-electron chi connectivity index (χ1n) is 4.45. The van der Waals surface area contributed by atoms with Gasteiger partial charge in [0.15, 0.2) is 0 Å². The Morgan fingerprint density at radius 3 is 2.50 bits per heavy atom. The highest BCUT2D eigenvalue weighted by Crippen LogP contribution is 2.07. The van der Waals surface area contributed by atoms with E-state index in [1.165, 1.54) is 6.42 Å². The molecule has 69 valence electrons. The smallest absolute Gasteiger partial charge is 0.317 e. The van der Waals surface area contributed by atoms with Gasteiger partial charge in [0.25, 0.3) is 0 Å². The van der Waals surface area contributed by atoms with Crippen LogP contribution >= 0.6 is 0 Å². The Labute approximate surface area is 72.6 Å². The number of hydrogen-bond acceptors (Lipinski definition) is 1. The summed E-state index contributed by atoms with van der Waals surface area (Å²) in [7, 11) is 0. The van der Waals surface area contributed by atoms with Crippen molar-refractivity contribution in [1.29, 1.82) is 0 Å². The highest BCUT2D eigenvalue weighted by molar-refractivity contribution is 5.74. The van der Waals surface area contributed by atoms with Crippen molar-refractivity contribution in [3.63, 3.8) is 0 Å². The van der Waals surface area contributed by atoms with Crippen LogP contribution in [0.15, 0.2) is 0 Å². The van der Waals surface area contributed by atoms with Crippen molar-refractivity contribution < 1.29 is 9.90 Å². The van der Waals surface area contributed by atoms with Crippen molar-refractivity contribution in [1.82, 2.24) is 10.2 Å². The second-order valence-corrected chi connectivity index (χ2v) is 2.98. The zero-order chi connectivity index (χ0) is 8.81. The molecule has 1 aliphatic rings. The lowest BCUT2D eigenvalue weighted by molar-refractivity contribution is 0.169. The molecule has 0 spiro atoms. The van der Waals surface area contributed by atoms with Crippen LogP contribution in [0.4, 0.5) is 4.79 Å². The highest BCUT2D eigenvalue weighted by Gasteiger charge is 2.14. The van der Waals surface area contributed by atoms with E-state index in [0.29, 0.717) is 0 Å². The number of hydrogen-bond donors (Lipinski definition) is 1. The number of piperidine rings is 1. The maximum absolute atomic E-state index is 11.2. The second kappa shape index (κ2) is 4.98. The predicted octanol–water partition coefficient (Wildman–Crippen LogP) is 0.612. The Balaban J connectivity index is 2.20. The van der Waals surface area contributed by atoms with E-state index in [0.717, 1.165) is 25.9 Å². The normalized spacial score (nSPS) is 17.6. The third-order valence-electron chi connectivity index (χ3n) is 2.02. The van der Waals surface area contributed by atoms with Gasteiger partial charge in [-0.2, -0.15) is 0 Å². The number of nitrogens with zero attached hydrogens (tertiary/aromatic N) is 1. The topological polar surface area (TPSA) is 52.2 Å². The van der Waals surface area contributed by atoms with Crippen LogP contribution < -0.4 is 5.32 Å². The van der Waals surface area contributed by atoms with E-state index in [1.54, 1.807) is 4.90 Å². The van der Waals surface area contributed by atoms with E-state index < -0.39 is 0 Å². The molecule has 0 aromatic rings. The summed E-state index contributed by atoms with van der Waals surface area (Å²) in [4.78, 5) is 13.0. The van der Waals surface area contributed by atoms with Crippen LogP contribution in [0.5, 0.6) is 0 Å². The van der Waals surface area contributed by atoms with E-state index in [2.05, 4.69) is 5.32 Å². The number of rotatable bonds is 2. The molecule has 4 nitrogen and oxygen atoms in total. The predicted molar refractivity (Wildman–Crippen MR) is 44.4 cm³/mol. The SMILES string of the molecule is [O]CCNC(=O)N1CCCCC1. The molecule has 1 saturated heterocycles. The van der Waals surface area contributed by atoms with Crippen LogP contribution in [0.1, 0.15) is 19.3 Å². The first-order chi connectivity index (χ1) is 5.84. The summed E-state index contributed by atoms with van der Waals surface area (Å²) < 4.78 is 0. The molecule has 1 radical (unpaired) electrons. The molecular weight excluding hydrogens is 156 g/mol. The molecule has 1 aliphatic heterocycles. The van der Waals surface area contributed by atoms with Gasteiger partial charge in [-0.05, 0) is 19.3 Å². The number of nitrogens with one attached hydrogen (secondary N) is 1. The van der Waals surface area contributed by atoms with Gasteiger partial charge in [-0.25, -0.2) is 9.90 Å². The summed E-state index contributed by atoms with van der Waals surface area (Å²) in [5, 5.41) is 12.7. The molecule has 1 rings (SSSR count). The quantitative estimate of drug-likeness (QED) is 0.650. The van der Waals surface area contributed by atoms with Crippen molar-refractivity contribution in [2.24, 2.45) is 0 Å². The van der Waals surface area contributed by atoms with Crippen molar-refractivity contribution in [3.05, 3.63) is 0 Å². The monoisotopic (exact) mass is 171 g/mol.